The molecule has 162 valence electrons. The molecule has 0 aromatic heterocycles. The van der Waals surface area contributed by atoms with Gasteiger partial charge in [-0.15, -0.1) is 0 Å². The van der Waals surface area contributed by atoms with Crippen LogP contribution >= 0.6 is 0 Å². The van der Waals surface area contributed by atoms with Crippen LogP contribution in [0.2, 0.25) is 0 Å². The largest absolute Gasteiger partial charge is 0.481 e. The van der Waals surface area contributed by atoms with Crippen molar-refractivity contribution in [1.82, 2.24) is 0 Å². The molecule has 3 unspecified atom stereocenters. The van der Waals surface area contributed by atoms with Gasteiger partial charge in [0.15, 0.2) is 0 Å². The molecule has 0 saturated heterocycles. The van der Waals surface area contributed by atoms with E-state index in [0.29, 0.717) is 32.1 Å². The molecule has 0 aromatic carbocycles. The number of carboxylic acid groups (broad SMARTS) is 1. The van der Waals surface area contributed by atoms with Gasteiger partial charge in [-0.1, -0.05) is 69.1 Å². The minimum absolute atomic E-state index is 0.112. The maximum Gasteiger partial charge on any atom is 0.303 e. The monoisotopic (exact) mass is 396 g/mol. The highest BCUT2D eigenvalue weighted by Gasteiger charge is 2.32. The predicted molar refractivity (Wildman–Crippen MR) is 114 cm³/mol. The van der Waals surface area contributed by atoms with E-state index in [1.807, 2.05) is 6.08 Å². The number of hydrogen-bond donors (Lipinski definition) is 4. The molecule has 0 radical (unpaired) electrons. The number of aliphatic hydroxyl groups excluding tert-OH is 2. The first-order valence-electron chi connectivity index (χ1n) is 10.6. The first kappa shape index (κ1) is 26.6. The third kappa shape index (κ3) is 14.6. The van der Waals surface area contributed by atoms with Gasteiger partial charge in [-0.25, -0.2) is 0 Å². The van der Waals surface area contributed by atoms with E-state index < -0.39 is 23.8 Å². The fourth-order valence-corrected chi connectivity index (χ4v) is 2.83. The molecule has 4 N–H and O–H groups in total. The summed E-state index contributed by atoms with van der Waals surface area (Å²) in [5.74, 6) is -0.828. The summed E-state index contributed by atoms with van der Waals surface area (Å²) in [5, 5.41) is 39.2. The minimum Gasteiger partial charge on any atom is -0.481 e. The minimum atomic E-state index is -1.51. The molecule has 0 aliphatic rings. The normalized spacial score (nSPS) is 16.8. The second-order valence-electron chi connectivity index (χ2n) is 7.54. The van der Waals surface area contributed by atoms with Crippen LogP contribution in [-0.2, 0) is 4.79 Å². The molecule has 0 amide bonds. The Balaban J connectivity index is 4.07. The zero-order chi connectivity index (χ0) is 21.3. The molecule has 0 fully saturated rings. The number of hydrogen-bond acceptors (Lipinski definition) is 4. The molecule has 0 aliphatic carbocycles. The Labute approximate surface area is 170 Å². The molecule has 5 nitrogen and oxygen atoms in total. The summed E-state index contributed by atoms with van der Waals surface area (Å²) >= 11 is 0. The van der Waals surface area contributed by atoms with Crippen LogP contribution in [0.5, 0.6) is 0 Å². The topological polar surface area (TPSA) is 98.0 Å². The van der Waals surface area contributed by atoms with Gasteiger partial charge in [0.05, 0.1) is 6.10 Å². The van der Waals surface area contributed by atoms with Crippen molar-refractivity contribution in [3.63, 3.8) is 0 Å². The van der Waals surface area contributed by atoms with Gasteiger partial charge in [-0.05, 0) is 45.4 Å². The Morgan fingerprint density at radius 1 is 0.929 bits per heavy atom. The maximum absolute atomic E-state index is 10.4. The molecule has 28 heavy (non-hydrogen) atoms. The van der Waals surface area contributed by atoms with E-state index in [1.165, 1.54) is 32.3 Å². The van der Waals surface area contributed by atoms with Gasteiger partial charge in [0, 0.05) is 6.42 Å². The van der Waals surface area contributed by atoms with Crippen molar-refractivity contribution in [2.45, 2.75) is 102 Å². The van der Waals surface area contributed by atoms with E-state index in [2.05, 4.69) is 25.2 Å². The number of unbranched alkanes of at least 4 members (excludes halogenated alkanes) is 5. The lowest BCUT2D eigenvalue weighted by Gasteiger charge is -2.29. The third-order valence-electron chi connectivity index (χ3n) is 4.66. The lowest BCUT2D eigenvalue weighted by Crippen LogP contribution is -2.45. The van der Waals surface area contributed by atoms with Crippen molar-refractivity contribution >= 4 is 5.97 Å². The summed E-state index contributed by atoms with van der Waals surface area (Å²) < 4.78 is 0. The number of aliphatic carboxylic acids is 1. The Morgan fingerprint density at radius 3 is 2.21 bits per heavy atom. The number of allylic oxidation sites excluding steroid dienone is 5. The average molecular weight is 397 g/mol. The van der Waals surface area contributed by atoms with Gasteiger partial charge in [0.2, 0.25) is 0 Å². The molecule has 0 spiro atoms. The standard InChI is InChI=1S/C23H40O5/c1-3-4-5-6-7-8-9-10-11-12-16-19-23(2,28)22(27)20(24)17-14-13-15-18-21(25)26/h7-8,10-11,16,19-20,22,24,27-28H,3-6,9,12-15,17-18H2,1-2H3,(H,25,26)/b8-7-,11-10-,19-16-. The molecule has 0 bridgehead atoms. The lowest BCUT2D eigenvalue weighted by atomic mass is 9.91. The van der Waals surface area contributed by atoms with E-state index in [4.69, 9.17) is 5.11 Å². The molecule has 0 aliphatic heterocycles. The summed E-state index contributed by atoms with van der Waals surface area (Å²) in [6, 6.07) is 0. The second-order valence-corrected chi connectivity index (χ2v) is 7.54. The summed E-state index contributed by atoms with van der Waals surface area (Å²) in [4.78, 5) is 10.4. The van der Waals surface area contributed by atoms with Crippen molar-refractivity contribution in [2.24, 2.45) is 0 Å². The smallest absolute Gasteiger partial charge is 0.303 e. The molecule has 0 aromatic rings. The molecular formula is C23H40O5. The first-order valence-corrected chi connectivity index (χ1v) is 10.6. The van der Waals surface area contributed by atoms with Gasteiger partial charge in [-0.3, -0.25) is 4.79 Å². The van der Waals surface area contributed by atoms with Crippen LogP contribution in [0.3, 0.4) is 0 Å². The van der Waals surface area contributed by atoms with Gasteiger partial charge in [-0.2, -0.15) is 0 Å². The van der Waals surface area contributed by atoms with Crippen LogP contribution in [-0.4, -0.2) is 44.2 Å². The van der Waals surface area contributed by atoms with E-state index in [0.717, 1.165) is 12.8 Å². The summed E-state index contributed by atoms with van der Waals surface area (Å²) in [6.45, 7) is 3.67. The third-order valence-corrected chi connectivity index (χ3v) is 4.66. The molecular weight excluding hydrogens is 356 g/mol. The zero-order valence-electron chi connectivity index (χ0n) is 17.6. The van der Waals surface area contributed by atoms with Crippen LogP contribution < -0.4 is 0 Å². The average Bonchev–Trinajstić information content (AvgIpc) is 2.64. The highest BCUT2D eigenvalue weighted by Crippen LogP contribution is 2.19. The van der Waals surface area contributed by atoms with Gasteiger partial charge in [0.1, 0.15) is 11.7 Å². The number of carbonyl (C=O) groups is 1. The fraction of sp³-hybridized carbons (Fsp3) is 0.696. The van der Waals surface area contributed by atoms with E-state index in [-0.39, 0.29) is 6.42 Å². The van der Waals surface area contributed by atoms with Gasteiger partial charge in [0.25, 0.3) is 0 Å². The van der Waals surface area contributed by atoms with Crippen LogP contribution in [0, 0.1) is 0 Å². The van der Waals surface area contributed by atoms with E-state index >= 15 is 0 Å². The van der Waals surface area contributed by atoms with Crippen LogP contribution in [0.15, 0.2) is 36.5 Å². The highest BCUT2D eigenvalue weighted by molar-refractivity contribution is 5.66. The van der Waals surface area contributed by atoms with Gasteiger partial charge >= 0.3 is 5.97 Å². The van der Waals surface area contributed by atoms with Crippen LogP contribution in [0.1, 0.15) is 84.5 Å². The SMILES string of the molecule is CCCCC/C=C\C/C=C\C/C=C\C(C)(O)C(O)C(O)CCCCCC(=O)O. The number of carboxylic acids is 1. The Hall–Kier alpha value is -1.43. The molecule has 0 rings (SSSR count). The van der Waals surface area contributed by atoms with Crippen LogP contribution in [0.25, 0.3) is 0 Å². The maximum atomic E-state index is 10.4. The van der Waals surface area contributed by atoms with E-state index in [9.17, 15) is 20.1 Å². The van der Waals surface area contributed by atoms with E-state index in [1.54, 1.807) is 6.08 Å². The van der Waals surface area contributed by atoms with Crippen molar-refractivity contribution in [3.05, 3.63) is 36.5 Å². The van der Waals surface area contributed by atoms with Gasteiger partial charge < -0.3 is 20.4 Å². The first-order chi connectivity index (χ1) is 13.3. The quantitative estimate of drug-likeness (QED) is 0.214. The molecule has 0 saturated carbocycles. The zero-order valence-corrected chi connectivity index (χ0v) is 17.6. The Morgan fingerprint density at radius 2 is 1.57 bits per heavy atom. The summed E-state index contributed by atoms with van der Waals surface area (Å²) in [5.41, 5.74) is -1.51. The molecule has 3 atom stereocenters. The Kier molecular flexibility index (Phi) is 15.7. The molecule has 5 heteroatoms. The number of aliphatic hydroxyl groups is 3. The summed E-state index contributed by atoms with van der Waals surface area (Å²) in [7, 11) is 0. The fourth-order valence-electron chi connectivity index (χ4n) is 2.83. The van der Waals surface area contributed by atoms with Crippen molar-refractivity contribution < 1.29 is 25.2 Å². The van der Waals surface area contributed by atoms with Crippen molar-refractivity contribution in [2.75, 3.05) is 0 Å². The molecule has 0 heterocycles. The summed E-state index contributed by atoms with van der Waals surface area (Å²) in [6.07, 6.45) is 18.1. The van der Waals surface area contributed by atoms with Crippen LogP contribution in [0.4, 0.5) is 0 Å². The highest BCUT2D eigenvalue weighted by atomic mass is 16.4. The van der Waals surface area contributed by atoms with Crippen molar-refractivity contribution in [3.8, 4) is 0 Å². The predicted octanol–water partition coefficient (Wildman–Crippen LogP) is 4.52. The second kappa shape index (κ2) is 16.5. The van der Waals surface area contributed by atoms with Crippen molar-refractivity contribution in [1.29, 1.82) is 0 Å². The number of rotatable bonds is 17. The Bertz CT molecular complexity index is 479. The lowest BCUT2D eigenvalue weighted by molar-refractivity contribution is -0.137.